The fourth-order valence-electron chi connectivity index (χ4n) is 5.12. The van der Waals surface area contributed by atoms with E-state index in [4.69, 9.17) is 0 Å². The fourth-order valence-corrected chi connectivity index (χ4v) is 5.12. The first-order valence-electron chi connectivity index (χ1n) is 10.4. The molecule has 7 nitrogen and oxygen atoms in total. The van der Waals surface area contributed by atoms with Gasteiger partial charge < -0.3 is 4.57 Å². The highest BCUT2D eigenvalue weighted by Crippen LogP contribution is 2.36. The maximum absolute atomic E-state index is 12.9. The zero-order valence-electron chi connectivity index (χ0n) is 16.6. The van der Waals surface area contributed by atoms with E-state index in [0.717, 1.165) is 60.9 Å². The van der Waals surface area contributed by atoms with E-state index in [9.17, 15) is 4.79 Å². The monoisotopic (exact) mass is 398 g/mol. The molecule has 0 spiro atoms. The van der Waals surface area contributed by atoms with Gasteiger partial charge in [-0.25, -0.2) is 9.50 Å². The smallest absolute Gasteiger partial charge is 0.251 e. The Morgan fingerprint density at radius 1 is 1.00 bits per heavy atom. The topological polar surface area (TPSA) is 68.3 Å². The number of hydrogen-bond acceptors (Lipinski definition) is 5. The van der Waals surface area contributed by atoms with Crippen molar-refractivity contribution in [2.24, 2.45) is 5.92 Å². The molecule has 0 saturated carbocycles. The number of piperidine rings is 1. The van der Waals surface area contributed by atoms with Gasteiger partial charge in [-0.1, -0.05) is 12.1 Å². The molecule has 1 fully saturated rings. The van der Waals surface area contributed by atoms with Crippen LogP contribution in [0.1, 0.15) is 23.7 Å². The molecule has 150 valence electrons. The summed E-state index contributed by atoms with van der Waals surface area (Å²) in [6.07, 6.45) is 4.51. The van der Waals surface area contributed by atoms with Gasteiger partial charge in [-0.15, -0.1) is 0 Å². The molecule has 4 aromatic rings. The summed E-state index contributed by atoms with van der Waals surface area (Å²) in [4.78, 5) is 24.1. The highest BCUT2D eigenvalue weighted by Gasteiger charge is 2.35. The number of hydrogen-bond donors (Lipinski definition) is 0. The van der Waals surface area contributed by atoms with Crippen molar-refractivity contribution in [3.63, 3.8) is 0 Å². The Kier molecular flexibility index (Phi) is 4.02. The molecule has 30 heavy (non-hydrogen) atoms. The minimum Gasteiger partial charge on any atom is -0.312 e. The van der Waals surface area contributed by atoms with E-state index in [1.54, 1.807) is 18.6 Å². The van der Waals surface area contributed by atoms with Crippen LogP contribution < -0.4 is 5.56 Å². The molecule has 0 aromatic carbocycles. The molecule has 6 rings (SSSR count). The van der Waals surface area contributed by atoms with Gasteiger partial charge in [0.05, 0.1) is 11.4 Å². The van der Waals surface area contributed by atoms with Crippen molar-refractivity contribution in [2.75, 3.05) is 13.1 Å². The molecule has 4 aromatic heterocycles. The maximum atomic E-state index is 12.9. The van der Waals surface area contributed by atoms with E-state index in [2.05, 4.69) is 32.1 Å². The Morgan fingerprint density at radius 2 is 1.97 bits per heavy atom. The van der Waals surface area contributed by atoms with Gasteiger partial charge in [-0.2, -0.15) is 5.10 Å². The standard InChI is InChI=1S/C23H22N6O/c30-23-10-17(20-5-1-2-7-24-20)9-21-18-8-16(12-28(21)23)11-27(13-18)14-19-4-3-6-22-25-15-26-29(19)22/h1-7,9-10,15-16,18H,8,11-14H2/t16-,18+/m0/s1. The van der Waals surface area contributed by atoms with Crippen LogP contribution in [0.25, 0.3) is 16.9 Å². The summed E-state index contributed by atoms with van der Waals surface area (Å²) in [5, 5.41) is 4.38. The lowest BCUT2D eigenvalue weighted by atomic mass is 9.82. The second-order valence-electron chi connectivity index (χ2n) is 8.37. The van der Waals surface area contributed by atoms with Crippen LogP contribution in [0.3, 0.4) is 0 Å². The molecule has 0 radical (unpaired) electrons. The lowest BCUT2D eigenvalue weighted by Crippen LogP contribution is -2.46. The molecule has 0 aliphatic carbocycles. The van der Waals surface area contributed by atoms with Gasteiger partial charge in [0.2, 0.25) is 0 Å². The third-order valence-corrected chi connectivity index (χ3v) is 6.36. The van der Waals surface area contributed by atoms with E-state index in [-0.39, 0.29) is 5.56 Å². The Hall–Kier alpha value is -3.32. The van der Waals surface area contributed by atoms with Gasteiger partial charge in [-0.05, 0) is 42.7 Å². The Balaban J connectivity index is 1.33. The quantitative estimate of drug-likeness (QED) is 0.531. The third kappa shape index (κ3) is 2.93. The summed E-state index contributed by atoms with van der Waals surface area (Å²) in [5.41, 5.74) is 5.01. The van der Waals surface area contributed by atoms with E-state index < -0.39 is 0 Å². The lowest BCUT2D eigenvalue weighted by molar-refractivity contribution is 0.112. The first kappa shape index (κ1) is 17.5. The number of aromatic nitrogens is 5. The van der Waals surface area contributed by atoms with Crippen LogP contribution in [0.15, 0.2) is 65.8 Å². The van der Waals surface area contributed by atoms with Crippen LogP contribution in [-0.4, -0.2) is 42.1 Å². The van der Waals surface area contributed by atoms with E-state index in [0.29, 0.717) is 11.8 Å². The van der Waals surface area contributed by atoms with Gasteiger partial charge in [0.25, 0.3) is 5.56 Å². The van der Waals surface area contributed by atoms with Crippen molar-refractivity contribution < 1.29 is 0 Å². The summed E-state index contributed by atoms with van der Waals surface area (Å²) in [5.74, 6) is 0.841. The van der Waals surface area contributed by atoms with Gasteiger partial charge >= 0.3 is 0 Å². The number of fused-ring (bicyclic) bond motifs is 5. The summed E-state index contributed by atoms with van der Waals surface area (Å²) in [7, 11) is 0. The number of pyridine rings is 3. The average Bonchev–Trinajstić information content (AvgIpc) is 3.25. The van der Waals surface area contributed by atoms with Crippen LogP contribution in [0.4, 0.5) is 0 Å². The van der Waals surface area contributed by atoms with E-state index >= 15 is 0 Å². The minimum atomic E-state index is 0.0867. The normalized spacial score (nSPS) is 20.9. The van der Waals surface area contributed by atoms with Gasteiger partial charge in [-0.3, -0.25) is 14.7 Å². The van der Waals surface area contributed by atoms with Gasteiger partial charge in [0.1, 0.15) is 6.33 Å². The molecule has 1 saturated heterocycles. The molecule has 2 aliphatic heterocycles. The molecule has 6 heterocycles. The molecular formula is C23H22N6O. The van der Waals surface area contributed by atoms with Crippen LogP contribution in [0.5, 0.6) is 0 Å². The molecule has 2 atom stereocenters. The van der Waals surface area contributed by atoms with Crippen molar-refractivity contribution >= 4 is 5.65 Å². The Morgan fingerprint density at radius 3 is 2.87 bits per heavy atom. The second-order valence-corrected chi connectivity index (χ2v) is 8.37. The van der Waals surface area contributed by atoms with Crippen LogP contribution in [0.2, 0.25) is 0 Å². The average molecular weight is 398 g/mol. The first-order chi connectivity index (χ1) is 14.7. The van der Waals surface area contributed by atoms with Crippen molar-refractivity contribution in [3.8, 4) is 11.3 Å². The number of likely N-dealkylation sites (tertiary alicyclic amines) is 1. The summed E-state index contributed by atoms with van der Waals surface area (Å²) >= 11 is 0. The maximum Gasteiger partial charge on any atom is 0.251 e. The summed E-state index contributed by atoms with van der Waals surface area (Å²) in [6.45, 7) is 3.55. The third-order valence-electron chi connectivity index (χ3n) is 6.36. The molecule has 0 unspecified atom stereocenters. The first-order valence-corrected chi connectivity index (χ1v) is 10.4. The zero-order valence-corrected chi connectivity index (χ0v) is 16.6. The number of nitrogens with zero attached hydrogens (tertiary/aromatic N) is 6. The highest BCUT2D eigenvalue weighted by atomic mass is 16.1. The number of rotatable bonds is 3. The van der Waals surface area contributed by atoms with E-state index in [1.165, 1.54) is 0 Å². The van der Waals surface area contributed by atoms with Crippen LogP contribution >= 0.6 is 0 Å². The van der Waals surface area contributed by atoms with Gasteiger partial charge in [0.15, 0.2) is 5.65 Å². The van der Waals surface area contributed by atoms with Crippen molar-refractivity contribution in [1.82, 2.24) is 29.0 Å². The largest absolute Gasteiger partial charge is 0.312 e. The SMILES string of the molecule is O=c1cc(-c2ccccn2)cc2n1C[C@H]1C[C@@H]2CN(Cc2cccc3ncnn23)C1. The molecule has 7 heteroatoms. The summed E-state index contributed by atoms with van der Waals surface area (Å²) in [6, 6.07) is 15.9. The Bertz CT molecular complexity index is 1280. The van der Waals surface area contributed by atoms with Crippen molar-refractivity contribution in [3.05, 3.63) is 82.8 Å². The molecule has 0 amide bonds. The van der Waals surface area contributed by atoms with Crippen molar-refractivity contribution in [1.29, 1.82) is 0 Å². The zero-order chi connectivity index (χ0) is 20.1. The van der Waals surface area contributed by atoms with Crippen LogP contribution in [-0.2, 0) is 13.1 Å². The minimum absolute atomic E-state index is 0.0867. The van der Waals surface area contributed by atoms with Crippen molar-refractivity contribution in [2.45, 2.75) is 25.4 Å². The predicted octanol–water partition coefficient (Wildman–Crippen LogP) is 2.57. The molecular weight excluding hydrogens is 376 g/mol. The van der Waals surface area contributed by atoms with Crippen LogP contribution in [0, 0.1) is 5.92 Å². The Labute approximate surface area is 173 Å². The van der Waals surface area contributed by atoms with E-state index in [1.807, 2.05) is 39.4 Å². The van der Waals surface area contributed by atoms with Gasteiger partial charge in [0, 0.05) is 55.6 Å². The summed E-state index contributed by atoms with van der Waals surface area (Å²) < 4.78 is 3.91. The fraction of sp³-hybridized carbons (Fsp3) is 0.304. The highest BCUT2D eigenvalue weighted by molar-refractivity contribution is 5.59. The molecule has 0 N–H and O–H groups in total. The predicted molar refractivity (Wildman–Crippen MR) is 113 cm³/mol. The molecule has 2 aliphatic rings. The molecule has 2 bridgehead atoms. The lowest BCUT2D eigenvalue weighted by Gasteiger charge is -2.43. The second kappa shape index (κ2) is 6.88.